The second-order valence-corrected chi connectivity index (χ2v) is 20.0. The number of aliphatic hydroxyl groups excluding tert-OH is 2. The zero-order valence-corrected chi connectivity index (χ0v) is 37.8. The molecule has 1 amide bonds. The van der Waals surface area contributed by atoms with Crippen molar-refractivity contribution in [3.8, 4) is 11.5 Å². The molecule has 332 valence electrons. The van der Waals surface area contributed by atoms with E-state index in [1.54, 1.807) is 0 Å². The fraction of sp³-hybridized carbons (Fsp3) is 0.755. The van der Waals surface area contributed by atoms with Gasteiger partial charge in [0, 0.05) is 42.9 Å². The van der Waals surface area contributed by atoms with E-state index in [1.807, 2.05) is 56.8 Å². The molecule has 0 bridgehead atoms. The highest BCUT2D eigenvalue weighted by atomic mass is 32.2. The number of nitrogens with zero attached hydrogens (tertiary/aromatic N) is 1. The van der Waals surface area contributed by atoms with Crippen LogP contribution in [-0.4, -0.2) is 70.3 Å². The van der Waals surface area contributed by atoms with E-state index in [4.69, 9.17) is 24.2 Å². The lowest BCUT2D eigenvalue weighted by atomic mass is 9.56. The molecule has 1 aromatic carbocycles. The van der Waals surface area contributed by atoms with Gasteiger partial charge in [-0.3, -0.25) is 0 Å². The van der Waals surface area contributed by atoms with E-state index in [0.29, 0.717) is 30.6 Å². The number of hydrogen-bond donors (Lipinski definition) is 3. The van der Waals surface area contributed by atoms with Crippen LogP contribution in [0.4, 0.5) is 4.79 Å². The number of benzene rings is 1. The van der Waals surface area contributed by atoms with E-state index in [-0.39, 0.29) is 42.1 Å². The molecule has 0 aromatic heterocycles. The maximum absolute atomic E-state index is 13.2. The van der Waals surface area contributed by atoms with Crippen molar-refractivity contribution in [2.75, 3.05) is 26.4 Å². The Kier molecular flexibility index (Phi) is 19.5. The van der Waals surface area contributed by atoms with E-state index in [0.717, 1.165) is 74.0 Å². The molecule has 1 aliphatic heterocycles. The van der Waals surface area contributed by atoms with Crippen molar-refractivity contribution in [1.82, 2.24) is 5.32 Å². The highest BCUT2D eigenvalue weighted by Crippen LogP contribution is 2.63. The topological polar surface area (TPSA) is 119 Å². The van der Waals surface area contributed by atoms with Gasteiger partial charge in [-0.15, -0.1) is 18.3 Å². The van der Waals surface area contributed by atoms with Crippen LogP contribution in [0.15, 0.2) is 47.7 Å². The summed E-state index contributed by atoms with van der Waals surface area (Å²) in [4.78, 5) is 19.5. The Morgan fingerprint density at radius 3 is 2.31 bits per heavy atom. The van der Waals surface area contributed by atoms with Crippen molar-refractivity contribution < 1.29 is 34.1 Å². The normalized spacial score (nSPS) is 25.8. The minimum absolute atomic E-state index is 0.0496. The summed E-state index contributed by atoms with van der Waals surface area (Å²) in [7, 11) is 0. The average Bonchev–Trinajstić information content (AvgIpc) is 3.73. The molecule has 10 heteroatoms. The van der Waals surface area contributed by atoms with Crippen LogP contribution >= 0.6 is 11.8 Å². The lowest BCUT2D eigenvalue weighted by Gasteiger charge is -2.58. The fourth-order valence-corrected chi connectivity index (χ4v) is 11.7. The third kappa shape index (κ3) is 13.5. The molecule has 2 saturated carbocycles. The molecule has 1 heterocycles. The quantitative estimate of drug-likeness (QED) is 0.0479. The van der Waals surface area contributed by atoms with Gasteiger partial charge in [-0.1, -0.05) is 108 Å². The molecule has 59 heavy (non-hydrogen) atoms. The Balaban J connectivity index is 1.47. The number of aliphatic hydroxyl groups is 2. The SMILES string of the molecule is C=CCO[C@@]12Oc3ccc(OC(=O)NCCCCCCCCCCCC)cc3[C@H]3[C@H](CCCCO)[C@@H](CCCCO)C=C(C(=NOC(C)(C)C)C[C@@H]1SC1CCCC1)[C@H]32. The number of amides is 1. The van der Waals surface area contributed by atoms with E-state index < -0.39 is 17.5 Å². The van der Waals surface area contributed by atoms with Gasteiger partial charge in [0.1, 0.15) is 17.1 Å². The summed E-state index contributed by atoms with van der Waals surface area (Å²) in [6.45, 7) is 13.7. The summed E-state index contributed by atoms with van der Waals surface area (Å²) < 4.78 is 20.4. The van der Waals surface area contributed by atoms with E-state index in [1.165, 1.54) is 77.0 Å². The lowest BCUT2D eigenvalue weighted by molar-refractivity contribution is -0.223. The zero-order valence-electron chi connectivity index (χ0n) is 37.0. The number of hydrogen-bond acceptors (Lipinski definition) is 9. The molecule has 3 N–H and O–H groups in total. The second kappa shape index (κ2) is 24.2. The van der Waals surface area contributed by atoms with Crippen molar-refractivity contribution in [3.05, 3.63) is 48.1 Å². The minimum atomic E-state index is -0.994. The summed E-state index contributed by atoms with van der Waals surface area (Å²) in [6, 6.07) is 5.86. The predicted octanol–water partition coefficient (Wildman–Crippen LogP) is 11.8. The number of nitrogens with one attached hydrogen (secondary N) is 1. The van der Waals surface area contributed by atoms with Gasteiger partial charge in [0.15, 0.2) is 0 Å². The van der Waals surface area contributed by atoms with Crippen molar-refractivity contribution >= 4 is 23.6 Å². The number of rotatable bonds is 26. The maximum Gasteiger partial charge on any atom is 0.412 e. The molecule has 0 saturated heterocycles. The van der Waals surface area contributed by atoms with Crippen molar-refractivity contribution in [2.45, 2.75) is 190 Å². The van der Waals surface area contributed by atoms with Gasteiger partial charge in [-0.25, -0.2) is 4.79 Å². The van der Waals surface area contributed by atoms with Crippen LogP contribution in [0.3, 0.4) is 0 Å². The molecule has 1 aromatic rings. The van der Waals surface area contributed by atoms with Crippen LogP contribution in [0.2, 0.25) is 0 Å². The number of allylic oxidation sites excluding steroid dienone is 1. The summed E-state index contributed by atoms with van der Waals surface area (Å²) in [5.74, 6) is 0.374. The van der Waals surface area contributed by atoms with Gasteiger partial charge in [-0.2, -0.15) is 0 Å². The molecule has 0 radical (unpaired) electrons. The molecule has 0 unspecified atom stereocenters. The molecule has 4 aliphatic rings. The molecule has 5 rings (SSSR count). The van der Waals surface area contributed by atoms with Crippen LogP contribution < -0.4 is 14.8 Å². The third-order valence-electron chi connectivity index (χ3n) is 12.7. The highest BCUT2D eigenvalue weighted by molar-refractivity contribution is 8.00. The van der Waals surface area contributed by atoms with E-state index in [9.17, 15) is 15.0 Å². The van der Waals surface area contributed by atoms with Gasteiger partial charge in [0.25, 0.3) is 0 Å². The summed E-state index contributed by atoms with van der Waals surface area (Å²) in [6.07, 6.45) is 26.8. The fourth-order valence-electron chi connectivity index (χ4n) is 9.90. The summed E-state index contributed by atoms with van der Waals surface area (Å²) in [5.41, 5.74) is 2.62. The van der Waals surface area contributed by atoms with Gasteiger partial charge in [-0.05, 0) is 101 Å². The monoisotopic (exact) mass is 839 g/mol. The van der Waals surface area contributed by atoms with Crippen LogP contribution in [0, 0.1) is 17.8 Å². The highest BCUT2D eigenvalue weighted by Gasteiger charge is 2.64. The Morgan fingerprint density at radius 2 is 1.64 bits per heavy atom. The second-order valence-electron chi connectivity index (χ2n) is 18.5. The minimum Gasteiger partial charge on any atom is -0.460 e. The molecule has 9 nitrogen and oxygen atoms in total. The first-order chi connectivity index (χ1) is 28.6. The Bertz CT molecular complexity index is 1500. The molecular weight excluding hydrogens is 761 g/mol. The standard InChI is InChI=1S/C49H78N2O7S/c1-6-8-9-10-11-12-13-14-15-20-29-50-47(54)56-37-27-28-43-41(34-37)45-39(26-19-22-31-53)36(23-18-21-30-52)33-40-42(51-58-48(3,4)5)35-44(59-38-24-16-17-25-38)49(57-43,46(40)45)55-32-7-2/h7,27-28,33-34,36,38-39,44-46,52-53H,2,6,8-26,29-32,35H2,1,3-5H3,(H,50,54)/t36-,39+,44-,45+,46+,49+/m0/s1. The number of oxime groups is 1. The van der Waals surface area contributed by atoms with E-state index in [2.05, 4.69) is 24.9 Å². The van der Waals surface area contributed by atoms with Crippen LogP contribution in [0.1, 0.15) is 174 Å². The molecular formula is C49H78N2O7S. The smallest absolute Gasteiger partial charge is 0.412 e. The largest absolute Gasteiger partial charge is 0.460 e. The molecule has 3 aliphatic carbocycles. The Hall–Kier alpha value is -2.53. The first-order valence-electron chi connectivity index (χ1n) is 23.5. The first kappa shape index (κ1) is 47.5. The molecule has 0 spiro atoms. The maximum atomic E-state index is 13.2. The number of unbranched alkanes of at least 4 members (excludes halogenated alkanes) is 11. The zero-order chi connectivity index (χ0) is 42.1. The third-order valence-corrected chi connectivity index (χ3v) is 14.4. The summed E-state index contributed by atoms with van der Waals surface area (Å²) >= 11 is 2.00. The Morgan fingerprint density at radius 1 is 0.966 bits per heavy atom. The predicted molar refractivity (Wildman–Crippen MR) is 242 cm³/mol. The van der Waals surface area contributed by atoms with Gasteiger partial charge < -0.3 is 34.6 Å². The molecule has 2 fully saturated rings. The van der Waals surface area contributed by atoms with Crippen LogP contribution in [0.5, 0.6) is 11.5 Å². The van der Waals surface area contributed by atoms with Crippen LogP contribution in [0.25, 0.3) is 0 Å². The molecule has 6 atom stereocenters. The Labute approximate surface area is 360 Å². The number of fused-ring (bicyclic) bond motifs is 2. The van der Waals surface area contributed by atoms with Crippen molar-refractivity contribution in [2.24, 2.45) is 22.9 Å². The lowest BCUT2D eigenvalue weighted by Crippen LogP contribution is -2.64. The van der Waals surface area contributed by atoms with Gasteiger partial charge >= 0.3 is 6.09 Å². The van der Waals surface area contributed by atoms with E-state index >= 15 is 0 Å². The number of ether oxygens (including phenoxy) is 3. The summed E-state index contributed by atoms with van der Waals surface area (Å²) in [5, 5.41) is 28.2. The van der Waals surface area contributed by atoms with Gasteiger partial charge in [0.2, 0.25) is 5.79 Å². The number of carbonyl (C=O) groups is 1. The van der Waals surface area contributed by atoms with Crippen molar-refractivity contribution in [1.29, 1.82) is 0 Å². The van der Waals surface area contributed by atoms with Gasteiger partial charge in [0.05, 0.1) is 23.5 Å². The first-order valence-corrected chi connectivity index (χ1v) is 24.5. The van der Waals surface area contributed by atoms with Crippen molar-refractivity contribution in [3.63, 3.8) is 0 Å². The number of carbonyl (C=O) groups excluding carboxylic acids is 1. The average molecular weight is 839 g/mol. The van der Waals surface area contributed by atoms with Crippen LogP contribution in [-0.2, 0) is 9.57 Å². The number of thioether (sulfide) groups is 1.